The number of rotatable bonds is 8. The molecule has 0 aliphatic heterocycles. The molecule has 0 aliphatic carbocycles. The number of benzene rings is 1. The molecule has 0 saturated carbocycles. The third-order valence-corrected chi connectivity index (χ3v) is 3.45. The minimum Gasteiger partial charge on any atom is -0.493 e. The van der Waals surface area contributed by atoms with Gasteiger partial charge in [-0.2, -0.15) is 0 Å². The summed E-state index contributed by atoms with van der Waals surface area (Å²) >= 11 is 0. The summed E-state index contributed by atoms with van der Waals surface area (Å²) in [6.45, 7) is 5.34. The third-order valence-electron chi connectivity index (χ3n) is 3.45. The van der Waals surface area contributed by atoms with Crippen molar-refractivity contribution in [3.05, 3.63) is 54.0 Å². The Morgan fingerprint density at radius 3 is 2.42 bits per heavy atom. The van der Waals surface area contributed by atoms with Crippen LogP contribution in [0.5, 0.6) is 11.5 Å². The first kappa shape index (κ1) is 18.9. The van der Waals surface area contributed by atoms with Crippen LogP contribution in [0.1, 0.15) is 21.9 Å². The molecule has 0 radical (unpaired) electrons. The number of carbonyl (C=O) groups excluding carboxylic acids is 2. The molecular weight excluding hydrogens is 338 g/mol. The normalized spacial score (nSPS) is 9.96. The number of hydrogen-bond donors (Lipinski definition) is 3. The van der Waals surface area contributed by atoms with Gasteiger partial charge in [-0.05, 0) is 37.3 Å². The minimum atomic E-state index is -0.441. The van der Waals surface area contributed by atoms with Gasteiger partial charge in [-0.15, -0.1) is 0 Å². The molecule has 0 atom stereocenters. The Balaban J connectivity index is 1.83. The molecule has 8 heteroatoms. The smallest absolute Gasteiger partial charge is 0.257 e. The molecule has 0 unspecified atom stereocenters. The lowest BCUT2D eigenvalue weighted by Gasteiger charge is -2.11. The largest absolute Gasteiger partial charge is 0.493 e. The lowest BCUT2D eigenvalue weighted by atomic mass is 10.2. The Hall–Kier alpha value is -3.42. The summed E-state index contributed by atoms with van der Waals surface area (Å²) in [6.07, 6.45) is 0. The second kappa shape index (κ2) is 8.61. The predicted molar refractivity (Wildman–Crippen MR) is 95.6 cm³/mol. The monoisotopic (exact) mass is 359 g/mol. The van der Waals surface area contributed by atoms with Crippen LogP contribution in [0.4, 0.5) is 0 Å². The van der Waals surface area contributed by atoms with E-state index < -0.39 is 11.8 Å². The van der Waals surface area contributed by atoms with Crippen molar-refractivity contribution in [1.82, 2.24) is 16.2 Å². The van der Waals surface area contributed by atoms with Crippen molar-refractivity contribution in [2.24, 2.45) is 0 Å². The maximum Gasteiger partial charge on any atom is 0.257 e. The second-order valence-corrected chi connectivity index (χ2v) is 5.31. The molecule has 26 heavy (non-hydrogen) atoms. The van der Waals surface area contributed by atoms with Gasteiger partial charge in [0.2, 0.25) is 0 Å². The van der Waals surface area contributed by atoms with Crippen LogP contribution in [0, 0.1) is 6.92 Å². The Kier molecular flexibility index (Phi) is 6.26. The summed E-state index contributed by atoms with van der Waals surface area (Å²) < 4.78 is 15.6. The third kappa shape index (κ3) is 4.79. The number of ether oxygens (including phenoxy) is 2. The lowest BCUT2D eigenvalue weighted by Crippen LogP contribution is -2.42. The van der Waals surface area contributed by atoms with Crippen molar-refractivity contribution in [2.75, 3.05) is 20.8 Å². The molecule has 1 aromatic carbocycles. The fourth-order valence-electron chi connectivity index (χ4n) is 2.09. The molecule has 3 N–H and O–H groups in total. The van der Waals surface area contributed by atoms with Gasteiger partial charge in [0.1, 0.15) is 5.76 Å². The van der Waals surface area contributed by atoms with E-state index in [2.05, 4.69) is 22.7 Å². The average molecular weight is 359 g/mol. The van der Waals surface area contributed by atoms with Gasteiger partial charge < -0.3 is 19.2 Å². The van der Waals surface area contributed by atoms with Crippen molar-refractivity contribution >= 4 is 17.5 Å². The SMILES string of the molecule is C=C(NNC(=O)CNC(=O)c1ccc(OC)c(OC)c1)c1ccc(C)o1. The van der Waals surface area contributed by atoms with E-state index in [1.54, 1.807) is 31.2 Å². The molecule has 2 aromatic rings. The van der Waals surface area contributed by atoms with Gasteiger partial charge in [0.15, 0.2) is 17.3 Å². The summed E-state index contributed by atoms with van der Waals surface area (Å²) in [5.74, 6) is 1.33. The number of aryl methyl sites for hydroxylation is 1. The molecule has 0 aliphatic rings. The Bertz CT molecular complexity index is 813. The van der Waals surface area contributed by atoms with Gasteiger partial charge in [0.05, 0.1) is 26.5 Å². The van der Waals surface area contributed by atoms with Gasteiger partial charge >= 0.3 is 0 Å². The van der Waals surface area contributed by atoms with Crippen LogP contribution in [0.15, 0.2) is 41.3 Å². The second-order valence-electron chi connectivity index (χ2n) is 5.31. The van der Waals surface area contributed by atoms with E-state index in [9.17, 15) is 9.59 Å². The molecule has 1 aromatic heterocycles. The van der Waals surface area contributed by atoms with Gasteiger partial charge in [0.25, 0.3) is 11.8 Å². The molecule has 0 fully saturated rings. The van der Waals surface area contributed by atoms with E-state index in [-0.39, 0.29) is 6.54 Å². The van der Waals surface area contributed by atoms with Crippen LogP contribution < -0.4 is 25.6 Å². The van der Waals surface area contributed by atoms with Crippen LogP contribution in [0.3, 0.4) is 0 Å². The Morgan fingerprint density at radius 2 is 1.81 bits per heavy atom. The predicted octanol–water partition coefficient (Wildman–Crippen LogP) is 1.63. The Labute approximate surface area is 151 Å². The van der Waals surface area contributed by atoms with Crippen molar-refractivity contribution in [1.29, 1.82) is 0 Å². The zero-order valence-corrected chi connectivity index (χ0v) is 14.8. The van der Waals surface area contributed by atoms with E-state index in [0.29, 0.717) is 28.5 Å². The van der Waals surface area contributed by atoms with E-state index in [4.69, 9.17) is 13.9 Å². The highest BCUT2D eigenvalue weighted by molar-refractivity contribution is 5.97. The fraction of sp³-hybridized carbons (Fsp3) is 0.222. The number of hydrogen-bond acceptors (Lipinski definition) is 6. The molecule has 2 amide bonds. The standard InChI is InChI=1S/C18H21N3O5/c1-11-5-7-14(26-11)12(2)20-21-17(22)10-19-18(23)13-6-8-15(24-3)16(9-13)25-4/h5-9,20H,2,10H2,1,3-4H3,(H,19,23)(H,21,22). The van der Waals surface area contributed by atoms with Gasteiger partial charge in [-0.1, -0.05) is 6.58 Å². The first-order valence-corrected chi connectivity index (χ1v) is 7.75. The Morgan fingerprint density at radius 1 is 1.08 bits per heavy atom. The number of hydrazine groups is 1. The van der Waals surface area contributed by atoms with E-state index in [1.807, 2.05) is 0 Å². The number of furan rings is 1. The molecule has 0 saturated heterocycles. The topological polar surface area (TPSA) is 102 Å². The van der Waals surface area contributed by atoms with Crippen LogP contribution in [-0.2, 0) is 4.79 Å². The lowest BCUT2D eigenvalue weighted by molar-refractivity contribution is -0.120. The summed E-state index contributed by atoms with van der Waals surface area (Å²) in [5.41, 5.74) is 5.81. The quantitative estimate of drug-likeness (QED) is 0.619. The van der Waals surface area contributed by atoms with E-state index >= 15 is 0 Å². The van der Waals surface area contributed by atoms with Gasteiger partial charge in [-0.3, -0.25) is 20.4 Å². The molecule has 0 bridgehead atoms. The van der Waals surface area contributed by atoms with Gasteiger partial charge in [-0.25, -0.2) is 0 Å². The highest BCUT2D eigenvalue weighted by atomic mass is 16.5. The van der Waals surface area contributed by atoms with Crippen LogP contribution in [-0.4, -0.2) is 32.6 Å². The van der Waals surface area contributed by atoms with Crippen molar-refractivity contribution in [3.63, 3.8) is 0 Å². The summed E-state index contributed by atoms with van der Waals surface area (Å²) in [5, 5.41) is 2.51. The summed E-state index contributed by atoms with van der Waals surface area (Å²) in [4.78, 5) is 24.0. The molecule has 0 spiro atoms. The number of amides is 2. The zero-order chi connectivity index (χ0) is 19.1. The minimum absolute atomic E-state index is 0.218. The fourth-order valence-corrected chi connectivity index (χ4v) is 2.09. The van der Waals surface area contributed by atoms with E-state index in [0.717, 1.165) is 5.76 Å². The molecule has 2 rings (SSSR count). The van der Waals surface area contributed by atoms with Crippen molar-refractivity contribution in [3.8, 4) is 11.5 Å². The molecule has 1 heterocycles. The maximum absolute atomic E-state index is 12.1. The van der Waals surface area contributed by atoms with Crippen LogP contribution in [0.2, 0.25) is 0 Å². The number of methoxy groups -OCH3 is 2. The van der Waals surface area contributed by atoms with Crippen molar-refractivity contribution < 1.29 is 23.5 Å². The van der Waals surface area contributed by atoms with Gasteiger partial charge in [0, 0.05) is 5.56 Å². The van der Waals surface area contributed by atoms with Crippen molar-refractivity contribution in [2.45, 2.75) is 6.92 Å². The first-order valence-electron chi connectivity index (χ1n) is 7.75. The summed E-state index contributed by atoms with van der Waals surface area (Å²) in [7, 11) is 2.98. The first-order chi connectivity index (χ1) is 12.4. The maximum atomic E-state index is 12.1. The van der Waals surface area contributed by atoms with Crippen LogP contribution >= 0.6 is 0 Å². The zero-order valence-electron chi connectivity index (χ0n) is 14.8. The molecule has 8 nitrogen and oxygen atoms in total. The average Bonchev–Trinajstić information content (AvgIpc) is 3.09. The van der Waals surface area contributed by atoms with Crippen LogP contribution in [0.25, 0.3) is 5.70 Å². The summed E-state index contributed by atoms with van der Waals surface area (Å²) in [6, 6.07) is 8.24. The molecule has 138 valence electrons. The highest BCUT2D eigenvalue weighted by Gasteiger charge is 2.12. The van der Waals surface area contributed by atoms with E-state index in [1.165, 1.54) is 20.3 Å². The molecular formula is C18H21N3O5. The number of nitrogens with one attached hydrogen (secondary N) is 3. The highest BCUT2D eigenvalue weighted by Crippen LogP contribution is 2.27. The number of carbonyl (C=O) groups is 2.